The first kappa shape index (κ1) is 20.4. The molecular formula is C25H17N7O3. The molecule has 0 radical (unpaired) electrons. The molecule has 35 heavy (non-hydrogen) atoms. The van der Waals surface area contributed by atoms with E-state index < -0.39 is 11.8 Å². The monoisotopic (exact) mass is 463 g/mol. The first-order valence-electron chi connectivity index (χ1n) is 10.6. The van der Waals surface area contributed by atoms with Gasteiger partial charge in [0.1, 0.15) is 23.5 Å². The van der Waals surface area contributed by atoms with Crippen molar-refractivity contribution in [3.8, 4) is 22.8 Å². The molecule has 0 atom stereocenters. The largest absolute Gasteiger partial charge is 0.463 e. The van der Waals surface area contributed by atoms with Gasteiger partial charge in [-0.15, -0.1) is 0 Å². The number of carbonyl (C=O) groups is 2. The summed E-state index contributed by atoms with van der Waals surface area (Å²) in [5, 5.41) is 2.87. The number of fused-ring (bicyclic) bond motifs is 2. The lowest BCUT2D eigenvalue weighted by Crippen LogP contribution is -2.17. The number of carbonyl (C=O) groups excluding carboxylic acids is 2. The molecule has 0 fully saturated rings. The van der Waals surface area contributed by atoms with Crippen LogP contribution in [0.2, 0.25) is 0 Å². The number of amides is 2. The van der Waals surface area contributed by atoms with Crippen molar-refractivity contribution >= 4 is 34.2 Å². The van der Waals surface area contributed by atoms with E-state index in [0.29, 0.717) is 17.1 Å². The second kappa shape index (κ2) is 7.96. The number of nitrogens with one attached hydrogen (secondary N) is 2. The maximum absolute atomic E-state index is 13.2. The van der Waals surface area contributed by atoms with Crippen LogP contribution >= 0.6 is 0 Å². The number of hydrogen-bond acceptors (Lipinski definition) is 6. The molecule has 10 heteroatoms. The van der Waals surface area contributed by atoms with E-state index in [9.17, 15) is 9.59 Å². The van der Waals surface area contributed by atoms with Crippen LogP contribution in [0.15, 0.2) is 83.7 Å². The number of primary amides is 1. The molecule has 10 nitrogen and oxygen atoms in total. The van der Waals surface area contributed by atoms with Gasteiger partial charge in [-0.1, -0.05) is 12.1 Å². The molecule has 4 heterocycles. The highest BCUT2D eigenvalue weighted by molar-refractivity contribution is 6.05. The lowest BCUT2D eigenvalue weighted by atomic mass is 10.2. The Morgan fingerprint density at radius 2 is 1.83 bits per heavy atom. The summed E-state index contributed by atoms with van der Waals surface area (Å²) in [6, 6.07) is 20.1. The normalized spacial score (nSPS) is 11.2. The van der Waals surface area contributed by atoms with E-state index in [1.807, 2.05) is 36.4 Å². The zero-order valence-corrected chi connectivity index (χ0v) is 18.1. The topological polar surface area (TPSA) is 144 Å². The lowest BCUT2D eigenvalue weighted by molar-refractivity contribution is 0.0993. The number of imidazole rings is 2. The molecule has 0 unspecified atom stereocenters. The summed E-state index contributed by atoms with van der Waals surface area (Å²) in [6.45, 7) is 0. The number of anilines is 1. The van der Waals surface area contributed by atoms with Crippen molar-refractivity contribution in [1.29, 1.82) is 0 Å². The molecule has 0 aliphatic rings. The molecule has 4 N–H and O–H groups in total. The van der Waals surface area contributed by atoms with Crippen LogP contribution in [0.25, 0.3) is 39.5 Å². The van der Waals surface area contributed by atoms with Crippen molar-refractivity contribution in [3.05, 3.63) is 90.7 Å². The Hall–Kier alpha value is -5.25. The number of para-hydroxylation sites is 2. The molecule has 2 aromatic carbocycles. The summed E-state index contributed by atoms with van der Waals surface area (Å²) >= 11 is 0. The Morgan fingerprint density at radius 1 is 1.00 bits per heavy atom. The van der Waals surface area contributed by atoms with Gasteiger partial charge in [0.25, 0.3) is 11.8 Å². The number of H-pyrrole nitrogens is 1. The minimum Gasteiger partial charge on any atom is -0.463 e. The standard InChI is InChI=1S/C25H17N7O3/c26-22(33)21-24-31-18(20-6-3-11-35-20)12-19(32(24)13-27-21)25(34)28-15-9-7-14(8-10-15)23-29-16-4-1-2-5-17(16)30-23/h1-13H,(H2,26,33)(H,28,34)(H,29,30). The van der Waals surface area contributed by atoms with E-state index in [-0.39, 0.29) is 17.0 Å². The van der Waals surface area contributed by atoms with Crippen molar-refractivity contribution in [2.75, 3.05) is 5.32 Å². The van der Waals surface area contributed by atoms with E-state index >= 15 is 0 Å². The number of nitrogens with zero attached hydrogens (tertiary/aromatic N) is 4. The van der Waals surface area contributed by atoms with Crippen molar-refractivity contribution in [2.24, 2.45) is 5.73 Å². The van der Waals surface area contributed by atoms with Gasteiger partial charge in [-0.2, -0.15) is 0 Å². The number of rotatable bonds is 5. The molecule has 6 aromatic rings. The molecule has 0 spiro atoms. The first-order valence-corrected chi connectivity index (χ1v) is 10.6. The predicted octanol–water partition coefficient (Wildman–Crippen LogP) is 3.88. The Morgan fingerprint density at radius 3 is 2.57 bits per heavy atom. The molecule has 0 saturated heterocycles. The third kappa shape index (κ3) is 3.59. The summed E-state index contributed by atoms with van der Waals surface area (Å²) in [4.78, 5) is 41.4. The van der Waals surface area contributed by atoms with Gasteiger partial charge < -0.3 is 20.5 Å². The fourth-order valence-corrected chi connectivity index (χ4v) is 3.87. The van der Waals surface area contributed by atoms with Crippen LogP contribution in [-0.2, 0) is 0 Å². The van der Waals surface area contributed by atoms with Crippen LogP contribution in [0.3, 0.4) is 0 Å². The average Bonchev–Trinajstić information content (AvgIpc) is 3.63. The fourth-order valence-electron chi connectivity index (χ4n) is 3.87. The van der Waals surface area contributed by atoms with E-state index in [4.69, 9.17) is 10.2 Å². The van der Waals surface area contributed by atoms with Gasteiger partial charge in [-0.05, 0) is 54.6 Å². The third-order valence-electron chi connectivity index (χ3n) is 5.55. The Bertz CT molecular complexity index is 1680. The van der Waals surface area contributed by atoms with Crippen molar-refractivity contribution in [1.82, 2.24) is 24.3 Å². The number of benzene rings is 2. The maximum atomic E-state index is 13.2. The van der Waals surface area contributed by atoms with Gasteiger partial charge in [0.2, 0.25) is 0 Å². The zero-order chi connectivity index (χ0) is 23.9. The first-order chi connectivity index (χ1) is 17.1. The van der Waals surface area contributed by atoms with Gasteiger partial charge >= 0.3 is 0 Å². The van der Waals surface area contributed by atoms with Crippen LogP contribution < -0.4 is 11.1 Å². The summed E-state index contributed by atoms with van der Waals surface area (Å²) in [5.41, 5.74) is 9.44. The van der Waals surface area contributed by atoms with E-state index in [0.717, 1.165) is 22.4 Å². The van der Waals surface area contributed by atoms with Gasteiger partial charge in [-0.25, -0.2) is 15.0 Å². The Labute approximate surface area is 197 Å². The second-order valence-electron chi connectivity index (χ2n) is 7.79. The highest BCUT2D eigenvalue weighted by atomic mass is 16.3. The van der Waals surface area contributed by atoms with Crippen LogP contribution in [0.4, 0.5) is 5.69 Å². The molecule has 4 aromatic heterocycles. The smallest absolute Gasteiger partial charge is 0.272 e. The summed E-state index contributed by atoms with van der Waals surface area (Å²) in [7, 11) is 0. The van der Waals surface area contributed by atoms with Gasteiger partial charge in [-0.3, -0.25) is 14.0 Å². The van der Waals surface area contributed by atoms with Gasteiger partial charge in [0.15, 0.2) is 17.1 Å². The van der Waals surface area contributed by atoms with Crippen LogP contribution in [-0.4, -0.2) is 36.2 Å². The lowest BCUT2D eigenvalue weighted by Gasteiger charge is -2.09. The molecule has 0 saturated carbocycles. The number of aromatic amines is 1. The molecule has 0 aliphatic heterocycles. The number of furan rings is 1. The SMILES string of the molecule is NC(=O)c1ncn2c(C(=O)Nc3ccc(-c4nc5ccccc5[nH]4)cc3)cc(-c3ccco3)nc12. The predicted molar refractivity (Wildman–Crippen MR) is 129 cm³/mol. The summed E-state index contributed by atoms with van der Waals surface area (Å²) < 4.78 is 6.85. The third-order valence-corrected chi connectivity index (χ3v) is 5.55. The number of aromatic nitrogens is 5. The summed E-state index contributed by atoms with van der Waals surface area (Å²) in [6.07, 6.45) is 2.84. The highest BCUT2D eigenvalue weighted by Crippen LogP contribution is 2.24. The molecular weight excluding hydrogens is 446 g/mol. The molecule has 170 valence electrons. The van der Waals surface area contributed by atoms with Crippen LogP contribution in [0.1, 0.15) is 21.0 Å². The van der Waals surface area contributed by atoms with Crippen molar-refractivity contribution < 1.29 is 14.0 Å². The second-order valence-corrected chi connectivity index (χ2v) is 7.79. The van der Waals surface area contributed by atoms with E-state index in [1.54, 1.807) is 30.3 Å². The van der Waals surface area contributed by atoms with E-state index in [1.165, 1.54) is 17.0 Å². The van der Waals surface area contributed by atoms with Crippen molar-refractivity contribution in [3.63, 3.8) is 0 Å². The maximum Gasteiger partial charge on any atom is 0.272 e. The minimum atomic E-state index is -0.746. The minimum absolute atomic E-state index is 0.0392. The van der Waals surface area contributed by atoms with E-state index in [2.05, 4.69) is 25.3 Å². The molecule has 6 rings (SSSR count). The average molecular weight is 463 g/mol. The molecule has 0 aliphatic carbocycles. The van der Waals surface area contributed by atoms with Crippen LogP contribution in [0, 0.1) is 0 Å². The Kier molecular flexibility index (Phi) is 4.63. The highest BCUT2D eigenvalue weighted by Gasteiger charge is 2.20. The quantitative estimate of drug-likeness (QED) is 0.354. The zero-order valence-electron chi connectivity index (χ0n) is 18.1. The number of nitrogens with two attached hydrogens (primary N) is 1. The number of hydrogen-bond donors (Lipinski definition) is 3. The fraction of sp³-hybridized carbons (Fsp3) is 0. The molecule has 2 amide bonds. The Balaban J connectivity index is 1.33. The van der Waals surface area contributed by atoms with Gasteiger partial charge in [0.05, 0.1) is 17.3 Å². The molecule has 0 bridgehead atoms. The summed E-state index contributed by atoms with van der Waals surface area (Å²) in [5.74, 6) is 0.00741. The van der Waals surface area contributed by atoms with Crippen LogP contribution in [0.5, 0.6) is 0 Å². The van der Waals surface area contributed by atoms with Crippen molar-refractivity contribution in [2.45, 2.75) is 0 Å². The van der Waals surface area contributed by atoms with Gasteiger partial charge in [0, 0.05) is 11.3 Å².